The normalized spacial score (nSPS) is 18.3. The first-order chi connectivity index (χ1) is 14.8. The summed E-state index contributed by atoms with van der Waals surface area (Å²) >= 11 is 1.33. The summed E-state index contributed by atoms with van der Waals surface area (Å²) in [5.41, 5.74) is 2.87. The van der Waals surface area contributed by atoms with Gasteiger partial charge in [0.25, 0.3) is 0 Å². The minimum absolute atomic E-state index is 0.0974. The number of rotatable bonds is 7. The third-order valence-electron chi connectivity index (χ3n) is 6.06. The molecule has 2 heterocycles. The van der Waals surface area contributed by atoms with Gasteiger partial charge in [0.15, 0.2) is 0 Å². The van der Waals surface area contributed by atoms with E-state index in [1.807, 2.05) is 4.90 Å². The van der Waals surface area contributed by atoms with E-state index in [0.29, 0.717) is 18.2 Å². The van der Waals surface area contributed by atoms with E-state index in [9.17, 15) is 4.79 Å². The second kappa shape index (κ2) is 10.7. The fourth-order valence-electron chi connectivity index (χ4n) is 4.32. The lowest BCUT2D eigenvalue weighted by molar-refractivity contribution is 0.143. The van der Waals surface area contributed by atoms with Crippen molar-refractivity contribution in [2.24, 2.45) is 5.92 Å². The molecule has 1 aliphatic heterocycles. The number of nitrogens with one attached hydrogen (secondary N) is 1. The first kappa shape index (κ1) is 21.1. The smallest absolute Gasteiger partial charge is 0.323 e. The van der Waals surface area contributed by atoms with Crippen LogP contribution in [0.15, 0.2) is 29.8 Å². The number of carbonyl (C=O) groups is 1. The monoisotopic (exact) mass is 429 g/mol. The van der Waals surface area contributed by atoms with Crippen molar-refractivity contribution in [3.8, 4) is 5.75 Å². The van der Waals surface area contributed by atoms with Crippen LogP contribution in [0, 0.1) is 5.92 Å². The summed E-state index contributed by atoms with van der Waals surface area (Å²) in [6.07, 6.45) is 8.09. The van der Waals surface area contributed by atoms with Crippen LogP contribution in [-0.4, -0.2) is 58.8 Å². The molecule has 0 bridgehead atoms. The van der Waals surface area contributed by atoms with Crippen LogP contribution in [0.5, 0.6) is 5.75 Å². The van der Waals surface area contributed by atoms with Crippen molar-refractivity contribution in [2.45, 2.75) is 45.1 Å². The van der Waals surface area contributed by atoms with Gasteiger partial charge in [-0.25, -0.2) is 4.79 Å². The predicted molar refractivity (Wildman–Crippen MR) is 119 cm³/mol. The van der Waals surface area contributed by atoms with Gasteiger partial charge >= 0.3 is 6.03 Å². The predicted octanol–water partition coefficient (Wildman–Crippen LogP) is 4.24. The second-order valence-corrected chi connectivity index (χ2v) is 9.06. The Balaban J connectivity index is 1.19. The molecule has 2 fully saturated rings. The van der Waals surface area contributed by atoms with Crippen molar-refractivity contribution in [1.82, 2.24) is 20.0 Å². The van der Waals surface area contributed by atoms with Gasteiger partial charge in [0.1, 0.15) is 11.3 Å². The lowest BCUT2D eigenvalue weighted by Crippen LogP contribution is -2.49. The zero-order chi connectivity index (χ0) is 20.6. The fraction of sp³-hybridized carbons (Fsp3) is 0.591. The Labute approximate surface area is 182 Å². The third kappa shape index (κ3) is 6.15. The first-order valence-electron chi connectivity index (χ1n) is 11.0. The molecule has 4 rings (SSSR count). The van der Waals surface area contributed by atoms with Gasteiger partial charge in [-0.05, 0) is 30.0 Å². The number of amides is 2. The minimum Gasteiger partial charge on any atom is -0.494 e. The van der Waals surface area contributed by atoms with E-state index in [0.717, 1.165) is 37.9 Å². The molecule has 8 heteroatoms. The van der Waals surface area contributed by atoms with Gasteiger partial charge in [-0.15, -0.1) is 10.2 Å². The van der Waals surface area contributed by atoms with Crippen LogP contribution >= 0.6 is 11.3 Å². The Bertz CT molecular complexity index is 787. The number of anilines is 1. The maximum absolute atomic E-state index is 12.3. The highest BCUT2D eigenvalue weighted by Crippen LogP contribution is 2.26. The number of piperazine rings is 1. The van der Waals surface area contributed by atoms with Crippen LogP contribution in [-0.2, 0) is 6.54 Å². The molecule has 1 aromatic heterocycles. The summed E-state index contributed by atoms with van der Waals surface area (Å²) in [4.78, 5) is 16.5. The molecule has 0 atom stereocenters. The van der Waals surface area contributed by atoms with E-state index < -0.39 is 0 Å². The average molecular weight is 430 g/mol. The standard InChI is InChI=1S/C22H31N5O2S/c28-22(24-21-25-23-17-30-21)27-12-10-26(11-13-27)16-19-7-4-8-20(15-19)29-14-9-18-5-2-1-3-6-18/h4,7-8,15,17-18H,1-3,5-6,9-14,16H2,(H,24,25,28). The van der Waals surface area contributed by atoms with Crippen molar-refractivity contribution >= 4 is 22.5 Å². The number of benzene rings is 1. The fourth-order valence-corrected chi connectivity index (χ4v) is 4.75. The molecular formula is C22H31N5O2S. The van der Waals surface area contributed by atoms with Crippen molar-refractivity contribution in [2.75, 3.05) is 38.1 Å². The van der Waals surface area contributed by atoms with Gasteiger partial charge < -0.3 is 9.64 Å². The molecule has 2 aliphatic rings. The zero-order valence-electron chi connectivity index (χ0n) is 17.5. The molecule has 1 aliphatic carbocycles. The molecule has 1 saturated carbocycles. The summed E-state index contributed by atoms with van der Waals surface area (Å²) in [5.74, 6) is 1.82. The van der Waals surface area contributed by atoms with Gasteiger partial charge in [-0.2, -0.15) is 0 Å². The molecule has 0 spiro atoms. The van der Waals surface area contributed by atoms with Gasteiger partial charge in [0.05, 0.1) is 6.61 Å². The third-order valence-corrected chi connectivity index (χ3v) is 6.66. The lowest BCUT2D eigenvalue weighted by Gasteiger charge is -2.34. The van der Waals surface area contributed by atoms with E-state index in [2.05, 4.69) is 44.7 Å². The van der Waals surface area contributed by atoms with Crippen LogP contribution in [0.1, 0.15) is 44.1 Å². The van der Waals surface area contributed by atoms with Gasteiger partial charge in [0, 0.05) is 32.7 Å². The second-order valence-electron chi connectivity index (χ2n) is 8.23. The maximum atomic E-state index is 12.3. The molecule has 7 nitrogen and oxygen atoms in total. The SMILES string of the molecule is O=C(Nc1nncs1)N1CCN(Cc2cccc(OCCC3CCCCC3)c2)CC1. The number of nitrogens with zero attached hydrogens (tertiary/aromatic N) is 4. The average Bonchev–Trinajstić information content (AvgIpc) is 3.28. The number of hydrogen-bond acceptors (Lipinski definition) is 6. The van der Waals surface area contributed by atoms with E-state index in [-0.39, 0.29) is 6.03 Å². The Hall–Kier alpha value is -2.19. The molecule has 30 heavy (non-hydrogen) atoms. The molecule has 2 aromatic rings. The Morgan fingerprint density at radius 3 is 2.77 bits per heavy atom. The summed E-state index contributed by atoms with van der Waals surface area (Å²) in [5, 5.41) is 11.0. The minimum atomic E-state index is -0.0974. The number of aromatic nitrogens is 2. The number of carbonyl (C=O) groups excluding carboxylic acids is 1. The van der Waals surface area contributed by atoms with Crippen molar-refractivity contribution in [3.05, 3.63) is 35.3 Å². The van der Waals surface area contributed by atoms with E-state index in [1.54, 1.807) is 5.51 Å². The number of ether oxygens (including phenoxy) is 1. The van der Waals surface area contributed by atoms with Gasteiger partial charge in [0.2, 0.25) is 5.13 Å². The van der Waals surface area contributed by atoms with Crippen molar-refractivity contribution < 1.29 is 9.53 Å². The largest absolute Gasteiger partial charge is 0.494 e. The maximum Gasteiger partial charge on any atom is 0.323 e. The molecule has 0 unspecified atom stereocenters. The highest BCUT2D eigenvalue weighted by Gasteiger charge is 2.22. The first-order valence-corrected chi connectivity index (χ1v) is 11.9. The Kier molecular flexibility index (Phi) is 7.53. The summed E-state index contributed by atoms with van der Waals surface area (Å²) in [6, 6.07) is 8.36. The van der Waals surface area contributed by atoms with Crippen molar-refractivity contribution in [3.63, 3.8) is 0 Å². The topological polar surface area (TPSA) is 70.6 Å². The molecule has 1 aromatic carbocycles. The summed E-state index contributed by atoms with van der Waals surface area (Å²) < 4.78 is 6.05. The molecule has 1 N–H and O–H groups in total. The summed E-state index contributed by atoms with van der Waals surface area (Å²) in [6.45, 7) is 4.83. The molecule has 0 radical (unpaired) electrons. The zero-order valence-corrected chi connectivity index (χ0v) is 18.3. The van der Waals surface area contributed by atoms with Crippen LogP contribution < -0.4 is 10.1 Å². The van der Waals surface area contributed by atoms with E-state index >= 15 is 0 Å². The van der Waals surface area contributed by atoms with Gasteiger partial charge in [-0.1, -0.05) is 55.6 Å². The highest BCUT2D eigenvalue weighted by atomic mass is 32.1. The molecule has 1 saturated heterocycles. The van der Waals surface area contributed by atoms with Crippen LogP contribution in [0.25, 0.3) is 0 Å². The summed E-state index contributed by atoms with van der Waals surface area (Å²) in [7, 11) is 0. The lowest BCUT2D eigenvalue weighted by atomic mass is 9.87. The van der Waals surface area contributed by atoms with Crippen LogP contribution in [0.3, 0.4) is 0 Å². The van der Waals surface area contributed by atoms with Crippen LogP contribution in [0.4, 0.5) is 9.93 Å². The molecular weight excluding hydrogens is 398 g/mol. The number of urea groups is 1. The van der Waals surface area contributed by atoms with E-state index in [4.69, 9.17) is 4.74 Å². The molecule has 162 valence electrons. The van der Waals surface area contributed by atoms with Crippen LogP contribution in [0.2, 0.25) is 0 Å². The Morgan fingerprint density at radius 1 is 1.17 bits per heavy atom. The van der Waals surface area contributed by atoms with Crippen molar-refractivity contribution in [1.29, 1.82) is 0 Å². The highest BCUT2D eigenvalue weighted by molar-refractivity contribution is 7.13. The molecule has 2 amide bonds. The van der Waals surface area contributed by atoms with Gasteiger partial charge in [-0.3, -0.25) is 10.2 Å². The van der Waals surface area contributed by atoms with E-state index in [1.165, 1.54) is 55.4 Å². The number of hydrogen-bond donors (Lipinski definition) is 1. The Morgan fingerprint density at radius 2 is 2.00 bits per heavy atom. The quantitative estimate of drug-likeness (QED) is 0.713.